The van der Waals surface area contributed by atoms with Gasteiger partial charge >= 0.3 is 0 Å². The van der Waals surface area contributed by atoms with E-state index in [0.29, 0.717) is 3.95 Å². The molecule has 0 fully saturated rings. The van der Waals surface area contributed by atoms with Crippen molar-refractivity contribution in [1.82, 2.24) is 15.2 Å². The largest absolute Gasteiger partial charge is 0.264 e. The molecule has 1 N–H and O–H groups in total. The molecule has 0 aromatic carbocycles. The first-order valence-electron chi connectivity index (χ1n) is 3.73. The number of aromatic amines is 1. The average Bonchev–Trinajstić information content (AvgIpc) is 2.52. The van der Waals surface area contributed by atoms with Gasteiger partial charge in [-0.2, -0.15) is 5.10 Å². The van der Waals surface area contributed by atoms with Crippen LogP contribution in [0.25, 0.3) is 10.6 Å². The molecule has 0 aliphatic heterocycles. The fraction of sp³-hybridized carbons (Fsp3) is 0.125. The van der Waals surface area contributed by atoms with E-state index in [-0.39, 0.29) is 0 Å². The molecule has 5 heteroatoms. The van der Waals surface area contributed by atoms with E-state index in [1.165, 1.54) is 11.3 Å². The molecule has 0 saturated heterocycles. The second-order valence-corrected chi connectivity index (χ2v) is 4.33. The second-order valence-electron chi connectivity index (χ2n) is 2.67. The SMILES string of the molecule is Cc1cncc(-c2n[nH]c(=S)s2)c1. The Labute approximate surface area is 84.5 Å². The zero-order valence-electron chi connectivity index (χ0n) is 6.94. The van der Waals surface area contributed by atoms with E-state index in [2.05, 4.69) is 15.2 Å². The minimum Gasteiger partial charge on any atom is -0.264 e. The Hall–Kier alpha value is -1.07. The van der Waals surface area contributed by atoms with Crippen LogP contribution in [0.3, 0.4) is 0 Å². The van der Waals surface area contributed by atoms with Gasteiger partial charge in [0.05, 0.1) is 0 Å². The minimum atomic E-state index is 0.691. The van der Waals surface area contributed by atoms with Gasteiger partial charge < -0.3 is 0 Å². The Kier molecular flexibility index (Phi) is 2.20. The van der Waals surface area contributed by atoms with Crippen molar-refractivity contribution in [2.24, 2.45) is 0 Å². The highest BCUT2D eigenvalue weighted by Gasteiger charge is 2.01. The van der Waals surface area contributed by atoms with E-state index in [0.717, 1.165) is 16.1 Å². The Morgan fingerprint density at radius 1 is 1.46 bits per heavy atom. The van der Waals surface area contributed by atoms with E-state index in [1.807, 2.05) is 19.2 Å². The van der Waals surface area contributed by atoms with Gasteiger partial charge in [0, 0.05) is 18.0 Å². The van der Waals surface area contributed by atoms with Gasteiger partial charge in [0.15, 0.2) is 3.95 Å². The lowest BCUT2D eigenvalue weighted by atomic mass is 10.2. The Morgan fingerprint density at radius 2 is 2.31 bits per heavy atom. The summed E-state index contributed by atoms with van der Waals surface area (Å²) in [5.41, 5.74) is 2.14. The minimum absolute atomic E-state index is 0.691. The van der Waals surface area contributed by atoms with E-state index in [9.17, 15) is 0 Å². The van der Waals surface area contributed by atoms with Gasteiger partial charge in [0.25, 0.3) is 0 Å². The van der Waals surface area contributed by atoms with Crippen molar-refractivity contribution in [3.63, 3.8) is 0 Å². The van der Waals surface area contributed by atoms with Gasteiger partial charge in [0.2, 0.25) is 0 Å². The summed E-state index contributed by atoms with van der Waals surface area (Å²) in [7, 11) is 0. The third-order valence-electron chi connectivity index (χ3n) is 1.56. The predicted octanol–water partition coefficient (Wildman–Crippen LogP) is 2.57. The van der Waals surface area contributed by atoms with Gasteiger partial charge in [-0.25, -0.2) is 0 Å². The van der Waals surface area contributed by atoms with Crippen LogP contribution in [-0.2, 0) is 0 Å². The molecule has 0 bridgehead atoms. The molecule has 0 amide bonds. The third kappa shape index (κ3) is 1.81. The first-order valence-corrected chi connectivity index (χ1v) is 4.96. The fourth-order valence-corrected chi connectivity index (χ4v) is 1.90. The van der Waals surface area contributed by atoms with Gasteiger partial charge in [-0.15, -0.1) is 0 Å². The maximum Gasteiger partial charge on any atom is 0.176 e. The standard InChI is InChI=1S/C8H7N3S2/c1-5-2-6(4-9-3-5)7-10-11-8(12)13-7/h2-4H,1H3,(H,11,12). The zero-order valence-corrected chi connectivity index (χ0v) is 8.58. The van der Waals surface area contributed by atoms with Crippen molar-refractivity contribution in [2.45, 2.75) is 6.92 Å². The molecule has 3 nitrogen and oxygen atoms in total. The summed E-state index contributed by atoms with van der Waals surface area (Å²) in [6.45, 7) is 2.00. The van der Waals surface area contributed by atoms with Crippen LogP contribution in [0, 0.1) is 10.9 Å². The topological polar surface area (TPSA) is 41.6 Å². The van der Waals surface area contributed by atoms with Gasteiger partial charge in [-0.3, -0.25) is 10.1 Å². The molecule has 0 spiro atoms. The number of H-pyrrole nitrogens is 1. The summed E-state index contributed by atoms with van der Waals surface area (Å²) < 4.78 is 0.691. The van der Waals surface area contributed by atoms with E-state index < -0.39 is 0 Å². The lowest BCUT2D eigenvalue weighted by Crippen LogP contribution is -1.81. The predicted molar refractivity (Wildman–Crippen MR) is 55.3 cm³/mol. The molecule has 0 unspecified atom stereocenters. The molecular formula is C8H7N3S2. The van der Waals surface area contributed by atoms with Gasteiger partial charge in [-0.1, -0.05) is 11.3 Å². The van der Waals surface area contributed by atoms with Crippen molar-refractivity contribution >= 4 is 23.6 Å². The summed E-state index contributed by atoms with van der Waals surface area (Å²) in [4.78, 5) is 4.09. The number of pyridine rings is 1. The van der Waals surface area contributed by atoms with Crippen LogP contribution < -0.4 is 0 Å². The average molecular weight is 209 g/mol. The van der Waals surface area contributed by atoms with Crippen LogP contribution in [0.1, 0.15) is 5.56 Å². The molecule has 13 heavy (non-hydrogen) atoms. The molecule has 2 rings (SSSR count). The highest BCUT2D eigenvalue weighted by Crippen LogP contribution is 2.20. The van der Waals surface area contributed by atoms with Crippen LogP contribution in [0.5, 0.6) is 0 Å². The zero-order chi connectivity index (χ0) is 9.26. The summed E-state index contributed by atoms with van der Waals surface area (Å²) in [5.74, 6) is 0. The van der Waals surface area contributed by atoms with E-state index >= 15 is 0 Å². The van der Waals surface area contributed by atoms with Crippen LogP contribution in [0.4, 0.5) is 0 Å². The number of nitrogens with one attached hydrogen (secondary N) is 1. The van der Waals surface area contributed by atoms with Crippen molar-refractivity contribution in [3.05, 3.63) is 28.0 Å². The maximum absolute atomic E-state index is 4.95. The summed E-state index contributed by atoms with van der Waals surface area (Å²) in [6, 6.07) is 2.04. The first-order chi connectivity index (χ1) is 6.25. The Morgan fingerprint density at radius 3 is 2.92 bits per heavy atom. The number of hydrogen-bond donors (Lipinski definition) is 1. The summed E-state index contributed by atoms with van der Waals surface area (Å²) in [6.07, 6.45) is 3.60. The molecule has 0 saturated carbocycles. The molecule has 0 aliphatic rings. The summed E-state index contributed by atoms with van der Waals surface area (Å²) in [5, 5.41) is 7.71. The fourth-order valence-electron chi connectivity index (χ4n) is 1.03. The number of rotatable bonds is 1. The number of nitrogens with zero attached hydrogens (tertiary/aromatic N) is 2. The van der Waals surface area contributed by atoms with Crippen LogP contribution in [0.15, 0.2) is 18.5 Å². The lowest BCUT2D eigenvalue weighted by molar-refractivity contribution is 1.08. The van der Waals surface area contributed by atoms with Crippen LogP contribution in [0.2, 0.25) is 0 Å². The monoisotopic (exact) mass is 209 g/mol. The van der Waals surface area contributed by atoms with Crippen molar-refractivity contribution in [3.8, 4) is 10.6 Å². The van der Waals surface area contributed by atoms with E-state index in [4.69, 9.17) is 12.2 Å². The molecule has 0 atom stereocenters. The first kappa shape index (κ1) is 8.52. The lowest BCUT2D eigenvalue weighted by Gasteiger charge is -1.94. The highest BCUT2D eigenvalue weighted by molar-refractivity contribution is 7.73. The Balaban J connectivity index is 2.52. The molecule has 0 aliphatic carbocycles. The van der Waals surface area contributed by atoms with Gasteiger partial charge in [0.1, 0.15) is 5.01 Å². The smallest absolute Gasteiger partial charge is 0.176 e. The molecule has 66 valence electrons. The number of aromatic nitrogens is 3. The maximum atomic E-state index is 4.95. The molecule has 0 radical (unpaired) electrons. The molecular weight excluding hydrogens is 202 g/mol. The highest BCUT2D eigenvalue weighted by atomic mass is 32.1. The summed E-state index contributed by atoms with van der Waals surface area (Å²) >= 11 is 6.40. The quantitative estimate of drug-likeness (QED) is 0.734. The van der Waals surface area contributed by atoms with Gasteiger partial charge in [-0.05, 0) is 30.8 Å². The van der Waals surface area contributed by atoms with Crippen molar-refractivity contribution < 1.29 is 0 Å². The van der Waals surface area contributed by atoms with Crippen LogP contribution in [-0.4, -0.2) is 15.2 Å². The second kappa shape index (κ2) is 3.35. The number of hydrogen-bond acceptors (Lipinski definition) is 4. The van der Waals surface area contributed by atoms with Crippen molar-refractivity contribution in [2.75, 3.05) is 0 Å². The van der Waals surface area contributed by atoms with E-state index in [1.54, 1.807) is 6.20 Å². The normalized spacial score (nSPS) is 10.2. The molecule has 2 aromatic heterocycles. The van der Waals surface area contributed by atoms with Crippen molar-refractivity contribution in [1.29, 1.82) is 0 Å². The molecule has 2 aromatic rings. The Bertz CT molecular complexity index is 472. The third-order valence-corrected chi connectivity index (χ3v) is 2.70. The molecule has 2 heterocycles. The van der Waals surface area contributed by atoms with Crippen LogP contribution >= 0.6 is 23.6 Å². The number of aryl methyl sites for hydroxylation is 1.